The van der Waals surface area contributed by atoms with E-state index in [1.807, 2.05) is 4.90 Å². The summed E-state index contributed by atoms with van der Waals surface area (Å²) in [5.41, 5.74) is -1.31. The molecule has 2 fully saturated rings. The molecule has 2 aromatic carbocycles. The molecule has 1 N–H and O–H groups in total. The van der Waals surface area contributed by atoms with Gasteiger partial charge in [0.2, 0.25) is 0 Å². The van der Waals surface area contributed by atoms with E-state index in [-0.39, 0.29) is 25.0 Å². The highest BCUT2D eigenvalue weighted by molar-refractivity contribution is 5.95. The topological polar surface area (TPSA) is 86.0 Å². The number of methoxy groups -OCH3 is 2. The Morgan fingerprint density at radius 3 is 2.54 bits per heavy atom. The van der Waals surface area contributed by atoms with Crippen LogP contribution in [-0.4, -0.2) is 62.9 Å². The van der Waals surface area contributed by atoms with E-state index in [1.54, 1.807) is 29.2 Å². The number of rotatable bonds is 5. The molecule has 1 amide bonds. The highest BCUT2D eigenvalue weighted by Crippen LogP contribution is 2.45. The lowest BCUT2D eigenvalue weighted by molar-refractivity contribution is -0.137. The van der Waals surface area contributed by atoms with E-state index in [9.17, 15) is 23.1 Å². The zero-order valence-corrected chi connectivity index (χ0v) is 19.4. The molecule has 35 heavy (non-hydrogen) atoms. The molecule has 7 nitrogen and oxygen atoms in total. The van der Waals surface area contributed by atoms with Gasteiger partial charge in [0.25, 0.3) is 5.91 Å². The molecule has 10 heteroatoms. The molecule has 0 spiro atoms. The number of aliphatic hydroxyl groups is 1. The van der Waals surface area contributed by atoms with Crippen molar-refractivity contribution in [3.8, 4) is 17.6 Å². The molecule has 0 aromatic heterocycles. The summed E-state index contributed by atoms with van der Waals surface area (Å²) in [6.07, 6.45) is -4.04. The average Bonchev–Trinajstić information content (AvgIpc) is 3.26. The van der Waals surface area contributed by atoms with Gasteiger partial charge in [-0.15, -0.1) is 0 Å². The number of amides is 1. The van der Waals surface area contributed by atoms with Crippen molar-refractivity contribution in [3.63, 3.8) is 0 Å². The summed E-state index contributed by atoms with van der Waals surface area (Å²) in [4.78, 5) is 16.8. The molecule has 2 saturated heterocycles. The molecule has 2 heterocycles. The molecule has 0 unspecified atom stereocenters. The summed E-state index contributed by atoms with van der Waals surface area (Å²) in [6.45, 7) is 1.30. The molecular weight excluding hydrogens is 463 g/mol. The maximum Gasteiger partial charge on any atom is 0.417 e. The quantitative estimate of drug-likeness (QED) is 0.692. The van der Waals surface area contributed by atoms with Gasteiger partial charge in [0.05, 0.1) is 38.0 Å². The van der Waals surface area contributed by atoms with Gasteiger partial charge in [0, 0.05) is 42.8 Å². The van der Waals surface area contributed by atoms with Crippen molar-refractivity contribution in [1.82, 2.24) is 4.90 Å². The Balaban J connectivity index is 1.57. The van der Waals surface area contributed by atoms with Crippen LogP contribution in [0.2, 0.25) is 0 Å². The van der Waals surface area contributed by atoms with Gasteiger partial charge in [-0.25, -0.2) is 0 Å². The number of ether oxygens (including phenoxy) is 2. The summed E-state index contributed by atoms with van der Waals surface area (Å²) in [6, 6.07) is 10.2. The highest BCUT2D eigenvalue weighted by Gasteiger charge is 2.50. The molecule has 0 saturated carbocycles. The van der Waals surface area contributed by atoms with Gasteiger partial charge in [0.15, 0.2) is 11.5 Å². The van der Waals surface area contributed by atoms with Gasteiger partial charge in [0.1, 0.15) is 0 Å². The number of piperidine rings is 1. The van der Waals surface area contributed by atoms with E-state index in [0.717, 1.165) is 6.07 Å². The second-order valence-electron chi connectivity index (χ2n) is 9.02. The van der Waals surface area contributed by atoms with Gasteiger partial charge in [-0.1, -0.05) is 0 Å². The molecule has 0 bridgehead atoms. The summed E-state index contributed by atoms with van der Waals surface area (Å²) in [5, 5.41) is 19.5. The van der Waals surface area contributed by atoms with Gasteiger partial charge in [-0.05, 0) is 48.7 Å². The minimum Gasteiger partial charge on any atom is -0.493 e. The van der Waals surface area contributed by atoms with Crippen molar-refractivity contribution < 1.29 is 32.5 Å². The zero-order valence-electron chi connectivity index (χ0n) is 19.4. The van der Waals surface area contributed by atoms with E-state index in [1.165, 1.54) is 26.4 Å². The lowest BCUT2D eigenvalue weighted by atomic mass is 9.74. The Hall–Kier alpha value is -3.45. The van der Waals surface area contributed by atoms with Crippen molar-refractivity contribution in [2.24, 2.45) is 11.3 Å². The van der Waals surface area contributed by atoms with E-state index >= 15 is 0 Å². The van der Waals surface area contributed by atoms with Crippen LogP contribution in [-0.2, 0) is 6.18 Å². The highest BCUT2D eigenvalue weighted by atomic mass is 19.4. The number of fused-ring (bicyclic) bond motifs is 1. The lowest BCUT2D eigenvalue weighted by Gasteiger charge is -2.43. The Bertz CT molecular complexity index is 1160. The van der Waals surface area contributed by atoms with Gasteiger partial charge < -0.3 is 24.4 Å². The molecule has 2 atom stereocenters. The fraction of sp³-hybridized carbons (Fsp3) is 0.440. The number of alkyl halides is 3. The summed E-state index contributed by atoms with van der Waals surface area (Å²) in [5.74, 6) is 0.723. The monoisotopic (exact) mass is 489 g/mol. The van der Waals surface area contributed by atoms with Crippen LogP contribution in [0, 0.1) is 22.7 Å². The van der Waals surface area contributed by atoms with Crippen LogP contribution in [0.3, 0.4) is 0 Å². The number of hydrogen-bond acceptors (Lipinski definition) is 6. The SMILES string of the molecule is COc1ccc(C(=O)N2CC[C@H]3CN(c4ccc(C#N)c(C(F)(F)F)c4)C[C@@]3(CO)C2)cc1OC. The molecular formula is C25H26F3N3O4. The van der Waals surface area contributed by atoms with E-state index in [0.29, 0.717) is 48.8 Å². The smallest absolute Gasteiger partial charge is 0.417 e. The molecule has 0 radical (unpaired) electrons. The fourth-order valence-electron chi connectivity index (χ4n) is 5.19. The van der Waals surface area contributed by atoms with Crippen LogP contribution in [0.25, 0.3) is 0 Å². The minimum absolute atomic E-state index is 0.00642. The molecule has 2 aromatic rings. The van der Waals surface area contributed by atoms with E-state index < -0.39 is 22.7 Å². The molecule has 186 valence electrons. The second-order valence-corrected chi connectivity index (χ2v) is 9.02. The van der Waals surface area contributed by atoms with Crippen LogP contribution < -0.4 is 14.4 Å². The molecule has 0 aliphatic carbocycles. The van der Waals surface area contributed by atoms with E-state index in [2.05, 4.69) is 0 Å². The van der Waals surface area contributed by atoms with Crippen LogP contribution >= 0.6 is 0 Å². The van der Waals surface area contributed by atoms with E-state index in [4.69, 9.17) is 14.7 Å². The normalized spacial score (nSPS) is 21.9. The maximum absolute atomic E-state index is 13.5. The first-order chi connectivity index (χ1) is 16.7. The number of nitrogens with zero attached hydrogens (tertiary/aromatic N) is 3. The summed E-state index contributed by atoms with van der Waals surface area (Å²) < 4.78 is 50.9. The third-order valence-corrected chi connectivity index (χ3v) is 7.09. The third kappa shape index (κ3) is 4.48. The van der Waals surface area contributed by atoms with Crippen molar-refractivity contribution in [2.75, 3.05) is 51.9 Å². The first-order valence-electron chi connectivity index (χ1n) is 11.1. The fourth-order valence-corrected chi connectivity index (χ4v) is 5.19. The molecule has 4 rings (SSSR count). The van der Waals surface area contributed by atoms with Crippen LogP contribution in [0.1, 0.15) is 27.9 Å². The predicted octanol–water partition coefficient (Wildman–Crippen LogP) is 3.56. The number of hydrogen-bond donors (Lipinski definition) is 1. The first kappa shape index (κ1) is 24.7. The second kappa shape index (κ2) is 9.30. The lowest BCUT2D eigenvalue weighted by Crippen LogP contribution is -2.52. The van der Waals surface area contributed by atoms with Crippen LogP contribution in [0.5, 0.6) is 11.5 Å². The number of likely N-dealkylation sites (tertiary alicyclic amines) is 1. The third-order valence-electron chi connectivity index (χ3n) is 7.09. The van der Waals surface area contributed by atoms with Crippen molar-refractivity contribution >= 4 is 11.6 Å². The first-order valence-corrected chi connectivity index (χ1v) is 11.1. The number of carbonyl (C=O) groups is 1. The summed E-state index contributed by atoms with van der Waals surface area (Å²) in [7, 11) is 2.99. The van der Waals surface area contributed by atoms with Crippen LogP contribution in [0.4, 0.5) is 18.9 Å². The average molecular weight is 489 g/mol. The van der Waals surface area contributed by atoms with Gasteiger partial charge >= 0.3 is 6.18 Å². The maximum atomic E-state index is 13.5. The number of nitriles is 1. The Morgan fingerprint density at radius 2 is 1.91 bits per heavy atom. The largest absolute Gasteiger partial charge is 0.493 e. The minimum atomic E-state index is -4.65. The number of benzene rings is 2. The van der Waals surface area contributed by atoms with Crippen molar-refractivity contribution in [2.45, 2.75) is 12.6 Å². The molecule has 2 aliphatic rings. The number of anilines is 1. The zero-order chi connectivity index (χ0) is 25.4. The summed E-state index contributed by atoms with van der Waals surface area (Å²) >= 11 is 0. The van der Waals surface area contributed by atoms with Gasteiger partial charge in [-0.2, -0.15) is 18.4 Å². The number of carbonyl (C=O) groups excluding carboxylic acids is 1. The van der Waals surface area contributed by atoms with Crippen molar-refractivity contribution in [1.29, 1.82) is 5.26 Å². The number of halogens is 3. The number of aliphatic hydroxyl groups excluding tert-OH is 1. The van der Waals surface area contributed by atoms with Crippen LogP contribution in [0.15, 0.2) is 36.4 Å². The van der Waals surface area contributed by atoms with Gasteiger partial charge in [-0.3, -0.25) is 4.79 Å². The molecule has 2 aliphatic heterocycles. The Morgan fingerprint density at radius 1 is 1.17 bits per heavy atom. The standard InChI is InChI=1S/C25H26F3N3O4/c1-34-21-6-4-16(9-22(21)35-2)23(33)30-8-7-18-12-31(14-24(18,13-30)15-32)19-5-3-17(11-29)20(10-19)25(26,27)28/h3-6,9-10,18,32H,7-8,12-15H2,1-2H3/t18-,24+/m0/s1. The Kier molecular flexibility index (Phi) is 6.56. The Labute approximate surface area is 201 Å². The predicted molar refractivity (Wildman–Crippen MR) is 121 cm³/mol. The van der Waals surface area contributed by atoms with Crippen molar-refractivity contribution in [3.05, 3.63) is 53.1 Å².